The van der Waals surface area contributed by atoms with E-state index in [1.165, 1.54) is 12.1 Å². The van der Waals surface area contributed by atoms with E-state index in [1.54, 1.807) is 12.1 Å². The minimum atomic E-state index is -1.06. The first-order chi connectivity index (χ1) is 9.65. The van der Waals surface area contributed by atoms with Crippen LogP contribution in [0.15, 0.2) is 54.6 Å². The second-order valence-corrected chi connectivity index (χ2v) is 4.17. The molecule has 4 heteroatoms. The average molecular weight is 270 g/mol. The Kier molecular flexibility index (Phi) is 4.39. The maximum atomic E-state index is 10.4. The van der Waals surface area contributed by atoms with Crippen LogP contribution in [0.3, 0.4) is 0 Å². The molecule has 0 saturated heterocycles. The van der Waals surface area contributed by atoms with Gasteiger partial charge in [-0.1, -0.05) is 30.3 Å². The largest absolute Gasteiger partial charge is 0.507 e. The minimum absolute atomic E-state index is 0.0203. The zero-order valence-corrected chi connectivity index (χ0v) is 10.7. The molecule has 0 aliphatic rings. The monoisotopic (exact) mass is 270 g/mol. The molecule has 0 aliphatic heterocycles. The van der Waals surface area contributed by atoms with Crippen LogP contribution in [-0.2, 0) is 11.4 Å². The number of phenolic OH excluding ortho intramolecular Hbond substituents is 1. The number of ether oxygens (including phenoxy) is 1. The van der Waals surface area contributed by atoms with E-state index in [-0.39, 0.29) is 5.75 Å². The summed E-state index contributed by atoms with van der Waals surface area (Å²) in [5.74, 6) is -0.555. The summed E-state index contributed by atoms with van der Waals surface area (Å²) in [5, 5.41) is 18.3. The third-order valence-electron chi connectivity index (χ3n) is 2.66. The number of benzene rings is 2. The number of carboxylic acid groups (broad SMARTS) is 1. The van der Waals surface area contributed by atoms with Crippen LogP contribution < -0.4 is 4.74 Å². The summed E-state index contributed by atoms with van der Waals surface area (Å²) < 4.78 is 5.55. The fraction of sp³-hybridized carbons (Fsp3) is 0.0625. The zero-order valence-electron chi connectivity index (χ0n) is 10.7. The van der Waals surface area contributed by atoms with Crippen molar-refractivity contribution in [2.45, 2.75) is 6.61 Å². The highest BCUT2D eigenvalue weighted by Crippen LogP contribution is 2.25. The van der Waals surface area contributed by atoms with Crippen LogP contribution in [0.4, 0.5) is 0 Å². The van der Waals surface area contributed by atoms with Crippen LogP contribution in [0, 0.1) is 0 Å². The van der Waals surface area contributed by atoms with Gasteiger partial charge in [-0.25, -0.2) is 4.79 Å². The zero-order chi connectivity index (χ0) is 14.4. The molecule has 0 fully saturated rings. The van der Waals surface area contributed by atoms with Crippen molar-refractivity contribution in [2.75, 3.05) is 0 Å². The molecule has 0 amide bonds. The van der Waals surface area contributed by atoms with Crippen molar-refractivity contribution in [3.05, 3.63) is 65.7 Å². The number of aromatic hydroxyl groups is 1. The lowest BCUT2D eigenvalue weighted by Gasteiger charge is -2.07. The molecule has 0 unspecified atom stereocenters. The van der Waals surface area contributed by atoms with Crippen molar-refractivity contribution in [3.63, 3.8) is 0 Å². The molecule has 0 heterocycles. The molecule has 0 aliphatic carbocycles. The predicted octanol–water partition coefficient (Wildman–Crippen LogP) is 3.07. The summed E-state index contributed by atoms with van der Waals surface area (Å²) in [6, 6.07) is 14.4. The quantitative estimate of drug-likeness (QED) is 0.819. The third kappa shape index (κ3) is 3.88. The highest BCUT2D eigenvalue weighted by atomic mass is 16.5. The second kappa shape index (κ2) is 6.43. The van der Waals surface area contributed by atoms with Gasteiger partial charge in [-0.15, -0.1) is 0 Å². The van der Waals surface area contributed by atoms with Crippen molar-refractivity contribution >= 4 is 12.0 Å². The van der Waals surface area contributed by atoms with Gasteiger partial charge in [0.05, 0.1) is 0 Å². The van der Waals surface area contributed by atoms with Crippen molar-refractivity contribution in [1.82, 2.24) is 0 Å². The molecular weight excluding hydrogens is 256 g/mol. The van der Waals surface area contributed by atoms with Crippen molar-refractivity contribution in [2.24, 2.45) is 0 Å². The second-order valence-electron chi connectivity index (χ2n) is 4.17. The summed E-state index contributed by atoms with van der Waals surface area (Å²) in [7, 11) is 0. The van der Waals surface area contributed by atoms with Crippen molar-refractivity contribution in [3.8, 4) is 11.5 Å². The molecule has 2 rings (SSSR count). The van der Waals surface area contributed by atoms with E-state index in [4.69, 9.17) is 9.84 Å². The topological polar surface area (TPSA) is 66.8 Å². The number of rotatable bonds is 5. The first kappa shape index (κ1) is 13.7. The predicted molar refractivity (Wildman–Crippen MR) is 75.6 cm³/mol. The SMILES string of the molecule is O=C(O)/C=C/c1ccc(OCc2ccccc2)cc1O. The summed E-state index contributed by atoms with van der Waals surface area (Å²) in [4.78, 5) is 10.4. The first-order valence-corrected chi connectivity index (χ1v) is 6.06. The van der Waals surface area contributed by atoms with Crippen LogP contribution in [0.25, 0.3) is 6.08 Å². The lowest BCUT2D eigenvalue weighted by Crippen LogP contribution is -1.95. The lowest BCUT2D eigenvalue weighted by atomic mass is 10.2. The smallest absolute Gasteiger partial charge is 0.328 e. The number of carbonyl (C=O) groups is 1. The number of phenols is 1. The maximum Gasteiger partial charge on any atom is 0.328 e. The van der Waals surface area contributed by atoms with Gasteiger partial charge in [-0.3, -0.25) is 0 Å². The van der Waals surface area contributed by atoms with Gasteiger partial charge in [0.1, 0.15) is 18.1 Å². The third-order valence-corrected chi connectivity index (χ3v) is 2.66. The first-order valence-electron chi connectivity index (χ1n) is 6.06. The summed E-state index contributed by atoms with van der Waals surface area (Å²) in [6.45, 7) is 0.407. The van der Waals surface area contributed by atoms with Gasteiger partial charge in [0.2, 0.25) is 0 Å². The molecule has 0 saturated carbocycles. The molecule has 4 nitrogen and oxygen atoms in total. The number of hydrogen-bond donors (Lipinski definition) is 2. The Bertz CT molecular complexity index is 618. The van der Waals surface area contributed by atoms with Crippen LogP contribution in [0.2, 0.25) is 0 Å². The van der Waals surface area contributed by atoms with Crippen LogP contribution in [0.1, 0.15) is 11.1 Å². The van der Waals surface area contributed by atoms with Gasteiger partial charge < -0.3 is 14.9 Å². The average Bonchev–Trinajstić information content (AvgIpc) is 2.45. The molecule has 0 radical (unpaired) electrons. The fourth-order valence-electron chi connectivity index (χ4n) is 1.66. The highest BCUT2D eigenvalue weighted by molar-refractivity contribution is 5.85. The Balaban J connectivity index is 2.04. The van der Waals surface area contributed by atoms with Gasteiger partial charge in [0, 0.05) is 17.7 Å². The number of hydrogen-bond acceptors (Lipinski definition) is 3. The van der Waals surface area contributed by atoms with Crippen LogP contribution >= 0.6 is 0 Å². The number of aliphatic carboxylic acids is 1. The van der Waals surface area contributed by atoms with Crippen LogP contribution in [-0.4, -0.2) is 16.2 Å². The van der Waals surface area contributed by atoms with Crippen molar-refractivity contribution in [1.29, 1.82) is 0 Å². The Labute approximate surface area is 116 Å². The Hall–Kier alpha value is -2.75. The van der Waals surface area contributed by atoms with Crippen LogP contribution in [0.5, 0.6) is 11.5 Å². The minimum Gasteiger partial charge on any atom is -0.507 e. The normalized spacial score (nSPS) is 10.6. The molecule has 0 bridgehead atoms. The van der Waals surface area contributed by atoms with E-state index < -0.39 is 5.97 Å². The molecule has 2 N–H and O–H groups in total. The molecular formula is C16H14O4. The van der Waals surface area contributed by atoms with Crippen molar-refractivity contribution < 1.29 is 19.7 Å². The van der Waals surface area contributed by atoms with Gasteiger partial charge in [0.15, 0.2) is 0 Å². The molecule has 0 atom stereocenters. The van der Waals surface area contributed by atoms with E-state index in [9.17, 15) is 9.90 Å². The molecule has 20 heavy (non-hydrogen) atoms. The van der Waals surface area contributed by atoms with E-state index in [0.717, 1.165) is 11.6 Å². The molecule has 2 aromatic rings. The molecule has 0 spiro atoms. The van der Waals surface area contributed by atoms with E-state index >= 15 is 0 Å². The molecule has 2 aromatic carbocycles. The number of carboxylic acids is 1. The summed E-state index contributed by atoms with van der Waals surface area (Å²) in [5.41, 5.74) is 1.46. The standard InChI is InChI=1S/C16H14O4/c17-15-10-14(8-6-13(15)7-9-16(18)19)20-11-12-4-2-1-3-5-12/h1-10,17H,11H2,(H,18,19)/b9-7+. The fourth-order valence-corrected chi connectivity index (χ4v) is 1.66. The van der Waals surface area contributed by atoms with E-state index in [0.29, 0.717) is 17.9 Å². The van der Waals surface area contributed by atoms with Gasteiger partial charge in [-0.2, -0.15) is 0 Å². The van der Waals surface area contributed by atoms with Gasteiger partial charge in [0.25, 0.3) is 0 Å². The maximum absolute atomic E-state index is 10.4. The van der Waals surface area contributed by atoms with E-state index in [2.05, 4.69) is 0 Å². The Morgan fingerprint density at radius 1 is 1.15 bits per heavy atom. The molecule has 102 valence electrons. The Morgan fingerprint density at radius 2 is 1.90 bits per heavy atom. The summed E-state index contributed by atoms with van der Waals surface area (Å²) >= 11 is 0. The van der Waals surface area contributed by atoms with E-state index in [1.807, 2.05) is 30.3 Å². The Morgan fingerprint density at radius 3 is 2.55 bits per heavy atom. The van der Waals surface area contributed by atoms with Gasteiger partial charge >= 0.3 is 5.97 Å². The summed E-state index contributed by atoms with van der Waals surface area (Å²) in [6.07, 6.45) is 2.30. The highest BCUT2D eigenvalue weighted by Gasteiger charge is 2.02. The lowest BCUT2D eigenvalue weighted by molar-refractivity contribution is -0.131. The van der Waals surface area contributed by atoms with Gasteiger partial charge in [-0.05, 0) is 23.8 Å². The molecule has 0 aromatic heterocycles.